The predicted molar refractivity (Wildman–Crippen MR) is 66.9 cm³/mol. The lowest BCUT2D eigenvalue weighted by molar-refractivity contribution is -0.270. The largest absolute Gasteiger partial charge is 0.480 e. The molecule has 1 aliphatic rings. The van der Waals surface area contributed by atoms with Crippen LogP contribution in [0.5, 0.6) is 0 Å². The third-order valence-electron chi connectivity index (χ3n) is 3.01. The Kier molecular flexibility index (Phi) is 6.45. The van der Waals surface area contributed by atoms with E-state index in [1.807, 2.05) is 0 Å². The van der Waals surface area contributed by atoms with Crippen molar-refractivity contribution in [3.05, 3.63) is 0 Å². The number of rotatable bonds is 6. The second-order valence-electron chi connectivity index (χ2n) is 4.71. The molecule has 6 atom stereocenters. The molecule has 0 aromatic rings. The SMILES string of the molecule is CC(=O)N[C@H]1[C@H](OC[C@H](N)C(=O)O)O[C@H](CO)[C@H](O)[C@@H]1O. The van der Waals surface area contributed by atoms with Crippen LogP contribution in [-0.4, -0.2) is 82.2 Å². The van der Waals surface area contributed by atoms with Crippen LogP contribution in [0.4, 0.5) is 0 Å². The third kappa shape index (κ3) is 4.59. The molecule has 0 bridgehead atoms. The summed E-state index contributed by atoms with van der Waals surface area (Å²) in [6.45, 7) is 0.171. The van der Waals surface area contributed by atoms with Gasteiger partial charge < -0.3 is 41.0 Å². The summed E-state index contributed by atoms with van der Waals surface area (Å²) < 4.78 is 10.4. The van der Waals surface area contributed by atoms with Gasteiger partial charge in [0.05, 0.1) is 13.2 Å². The topological polar surface area (TPSA) is 172 Å². The summed E-state index contributed by atoms with van der Waals surface area (Å²) in [4.78, 5) is 21.7. The molecular formula is C11H20N2O8. The third-order valence-corrected chi connectivity index (χ3v) is 3.01. The number of aliphatic hydroxyl groups is 3. The molecule has 1 aliphatic heterocycles. The first kappa shape index (κ1) is 17.8. The van der Waals surface area contributed by atoms with Crippen molar-refractivity contribution in [1.82, 2.24) is 5.32 Å². The van der Waals surface area contributed by atoms with Gasteiger partial charge in [0.2, 0.25) is 5.91 Å². The summed E-state index contributed by atoms with van der Waals surface area (Å²) in [5.74, 6) is -1.80. The van der Waals surface area contributed by atoms with Crippen molar-refractivity contribution in [3.63, 3.8) is 0 Å². The molecule has 1 amide bonds. The van der Waals surface area contributed by atoms with Crippen molar-refractivity contribution >= 4 is 11.9 Å². The van der Waals surface area contributed by atoms with E-state index in [4.69, 9.17) is 25.4 Å². The van der Waals surface area contributed by atoms with Gasteiger partial charge in [-0.1, -0.05) is 0 Å². The number of carbonyl (C=O) groups excluding carboxylic acids is 1. The molecule has 1 rings (SSSR count). The summed E-state index contributed by atoms with van der Waals surface area (Å²) in [5.41, 5.74) is 5.28. The monoisotopic (exact) mass is 308 g/mol. The molecule has 0 aliphatic carbocycles. The van der Waals surface area contributed by atoms with E-state index in [0.29, 0.717) is 0 Å². The fraction of sp³-hybridized carbons (Fsp3) is 0.818. The van der Waals surface area contributed by atoms with Crippen LogP contribution in [0.25, 0.3) is 0 Å². The van der Waals surface area contributed by atoms with Crippen molar-refractivity contribution < 1.29 is 39.5 Å². The van der Waals surface area contributed by atoms with Crippen molar-refractivity contribution in [1.29, 1.82) is 0 Å². The number of nitrogens with two attached hydrogens (primary N) is 1. The van der Waals surface area contributed by atoms with Crippen LogP contribution in [0.1, 0.15) is 6.92 Å². The molecule has 1 saturated heterocycles. The molecule has 0 aromatic carbocycles. The van der Waals surface area contributed by atoms with E-state index in [1.165, 1.54) is 6.92 Å². The molecule has 0 unspecified atom stereocenters. The average Bonchev–Trinajstić information content (AvgIpc) is 2.42. The molecule has 10 heteroatoms. The van der Waals surface area contributed by atoms with Crippen LogP contribution in [0.15, 0.2) is 0 Å². The number of amides is 1. The summed E-state index contributed by atoms with van der Waals surface area (Å²) in [6.07, 6.45) is -5.27. The number of carboxylic acids is 1. The zero-order valence-corrected chi connectivity index (χ0v) is 11.4. The summed E-state index contributed by atoms with van der Waals surface area (Å²) in [6, 6.07) is -2.44. The molecule has 1 fully saturated rings. The van der Waals surface area contributed by atoms with E-state index in [1.54, 1.807) is 0 Å². The fourth-order valence-electron chi connectivity index (χ4n) is 1.88. The zero-order chi connectivity index (χ0) is 16.2. The fourth-order valence-corrected chi connectivity index (χ4v) is 1.88. The van der Waals surface area contributed by atoms with Gasteiger partial charge in [0.1, 0.15) is 30.4 Å². The molecule has 0 saturated carbocycles. The second kappa shape index (κ2) is 7.64. The highest BCUT2D eigenvalue weighted by Gasteiger charge is 2.45. The van der Waals surface area contributed by atoms with E-state index in [2.05, 4.69) is 5.32 Å². The van der Waals surface area contributed by atoms with Gasteiger partial charge in [-0.15, -0.1) is 0 Å². The first-order valence-corrected chi connectivity index (χ1v) is 6.27. The zero-order valence-electron chi connectivity index (χ0n) is 11.4. The number of nitrogens with one attached hydrogen (secondary N) is 1. The van der Waals surface area contributed by atoms with E-state index in [9.17, 15) is 19.8 Å². The maximum Gasteiger partial charge on any atom is 0.322 e. The second-order valence-corrected chi connectivity index (χ2v) is 4.71. The van der Waals surface area contributed by atoms with E-state index < -0.39 is 61.8 Å². The summed E-state index contributed by atoms with van der Waals surface area (Å²) >= 11 is 0. The standard InChI is InChI=1S/C11H20N2O8/c1-4(15)13-7-9(17)8(16)6(2-14)21-11(7)20-3-5(12)10(18)19/h5-9,11,14,16-17H,2-3,12H2,1H3,(H,13,15)(H,18,19)/t5-,6+,7+,8-,9+,11+/m0/s1. The predicted octanol–water partition coefficient (Wildman–Crippen LogP) is -3.64. The molecule has 1 heterocycles. The molecule has 7 N–H and O–H groups in total. The van der Waals surface area contributed by atoms with Crippen molar-refractivity contribution in [2.75, 3.05) is 13.2 Å². The minimum Gasteiger partial charge on any atom is -0.480 e. The molecule has 0 spiro atoms. The van der Waals surface area contributed by atoms with Gasteiger partial charge in [0, 0.05) is 6.92 Å². The highest BCUT2D eigenvalue weighted by Crippen LogP contribution is 2.22. The van der Waals surface area contributed by atoms with Gasteiger partial charge in [-0.25, -0.2) is 0 Å². The smallest absolute Gasteiger partial charge is 0.322 e. The first-order chi connectivity index (χ1) is 9.77. The van der Waals surface area contributed by atoms with Crippen LogP contribution in [-0.2, 0) is 19.1 Å². The quantitative estimate of drug-likeness (QED) is 0.289. The lowest BCUT2D eigenvalue weighted by atomic mass is 9.97. The summed E-state index contributed by atoms with van der Waals surface area (Å²) in [5, 5.41) is 39.8. The van der Waals surface area contributed by atoms with Crippen LogP contribution in [0.2, 0.25) is 0 Å². The van der Waals surface area contributed by atoms with Gasteiger partial charge in [-0.2, -0.15) is 0 Å². The number of hydrogen-bond donors (Lipinski definition) is 6. The Morgan fingerprint density at radius 3 is 2.48 bits per heavy atom. The number of carbonyl (C=O) groups is 2. The highest BCUT2D eigenvalue weighted by molar-refractivity contribution is 5.73. The van der Waals surface area contributed by atoms with Crippen molar-refractivity contribution in [3.8, 4) is 0 Å². The van der Waals surface area contributed by atoms with Crippen LogP contribution < -0.4 is 11.1 Å². The first-order valence-electron chi connectivity index (χ1n) is 6.27. The van der Waals surface area contributed by atoms with Crippen LogP contribution in [0, 0.1) is 0 Å². The Labute approximate surface area is 120 Å². The van der Waals surface area contributed by atoms with Crippen LogP contribution in [0.3, 0.4) is 0 Å². The lowest BCUT2D eigenvalue weighted by Crippen LogP contribution is -2.64. The number of aliphatic carboxylic acids is 1. The van der Waals surface area contributed by atoms with Gasteiger partial charge in [0.25, 0.3) is 0 Å². The van der Waals surface area contributed by atoms with Crippen molar-refractivity contribution in [2.45, 2.75) is 43.6 Å². The molecule has 122 valence electrons. The number of carboxylic acid groups (broad SMARTS) is 1. The molecular weight excluding hydrogens is 288 g/mol. The Morgan fingerprint density at radius 2 is 2.00 bits per heavy atom. The molecule has 21 heavy (non-hydrogen) atoms. The van der Waals surface area contributed by atoms with Gasteiger partial charge in [-0.05, 0) is 0 Å². The maximum atomic E-state index is 11.1. The van der Waals surface area contributed by atoms with E-state index in [-0.39, 0.29) is 0 Å². The maximum absolute atomic E-state index is 11.1. The van der Waals surface area contributed by atoms with Gasteiger partial charge >= 0.3 is 5.97 Å². The molecule has 10 nitrogen and oxygen atoms in total. The van der Waals surface area contributed by atoms with Gasteiger partial charge in [0.15, 0.2) is 6.29 Å². The molecule has 0 radical (unpaired) electrons. The minimum atomic E-state index is -1.45. The number of ether oxygens (including phenoxy) is 2. The van der Waals surface area contributed by atoms with E-state index in [0.717, 1.165) is 0 Å². The number of aliphatic hydroxyl groups excluding tert-OH is 3. The average molecular weight is 308 g/mol. The normalized spacial score (nSPS) is 34.2. The van der Waals surface area contributed by atoms with Gasteiger partial charge in [-0.3, -0.25) is 9.59 Å². The Morgan fingerprint density at radius 1 is 1.38 bits per heavy atom. The Balaban J connectivity index is 2.78. The summed E-state index contributed by atoms with van der Waals surface area (Å²) in [7, 11) is 0. The molecule has 0 aromatic heterocycles. The minimum absolute atomic E-state index is 0.433. The Bertz CT molecular complexity index is 379. The van der Waals surface area contributed by atoms with E-state index >= 15 is 0 Å². The number of hydrogen-bond acceptors (Lipinski definition) is 8. The Hall–Kier alpha value is -1.30. The van der Waals surface area contributed by atoms with Crippen LogP contribution >= 0.6 is 0 Å². The van der Waals surface area contributed by atoms with Crippen molar-refractivity contribution in [2.24, 2.45) is 5.73 Å². The highest BCUT2D eigenvalue weighted by atomic mass is 16.7. The lowest BCUT2D eigenvalue weighted by Gasteiger charge is -2.42.